The summed E-state index contributed by atoms with van der Waals surface area (Å²) in [5, 5.41) is 13.4. The number of nitrogens with zero attached hydrogens (tertiary/aromatic N) is 2. The minimum Gasteiger partial charge on any atom is -0.493 e. The number of anilines is 1. The van der Waals surface area contributed by atoms with Crippen molar-refractivity contribution in [1.82, 2.24) is 15.0 Å². The van der Waals surface area contributed by atoms with Crippen molar-refractivity contribution in [3.8, 4) is 5.88 Å². The predicted octanol–water partition coefficient (Wildman–Crippen LogP) is 2.39. The first-order valence-corrected chi connectivity index (χ1v) is 10.0. The molecule has 0 aliphatic rings. The van der Waals surface area contributed by atoms with Crippen LogP contribution in [0.4, 0.5) is 5.13 Å². The van der Waals surface area contributed by atoms with Crippen LogP contribution in [0, 0.1) is 0 Å². The molecule has 0 spiro atoms. The zero-order valence-electron chi connectivity index (χ0n) is 14.5. The lowest BCUT2D eigenvalue weighted by Gasteiger charge is -2.06. The number of nitrogens with one attached hydrogen (secondary N) is 2. The Hall–Kier alpha value is -2.43. The zero-order chi connectivity index (χ0) is 19.2. The molecule has 0 fully saturated rings. The van der Waals surface area contributed by atoms with Crippen LogP contribution in [0.15, 0.2) is 34.2 Å². The van der Waals surface area contributed by atoms with E-state index in [1.807, 2.05) is 31.2 Å². The number of amides is 1. The number of aromatic nitrogens is 3. The van der Waals surface area contributed by atoms with Gasteiger partial charge in [0, 0.05) is 13.0 Å². The van der Waals surface area contributed by atoms with Crippen molar-refractivity contribution in [2.75, 3.05) is 24.3 Å². The summed E-state index contributed by atoms with van der Waals surface area (Å²) in [5.74, 6) is -0.592. The Bertz CT molecular complexity index is 969. The van der Waals surface area contributed by atoms with Gasteiger partial charge in [-0.2, -0.15) is 4.98 Å². The number of thioether (sulfide) groups is 1. The van der Waals surface area contributed by atoms with Crippen LogP contribution in [0.3, 0.4) is 0 Å². The highest BCUT2D eigenvalue weighted by molar-refractivity contribution is 7.99. The Labute approximate surface area is 163 Å². The van der Waals surface area contributed by atoms with Crippen molar-refractivity contribution in [1.29, 1.82) is 0 Å². The molecule has 27 heavy (non-hydrogen) atoms. The summed E-state index contributed by atoms with van der Waals surface area (Å²) in [5.41, 5.74) is 0.562. The summed E-state index contributed by atoms with van der Waals surface area (Å²) in [6, 6.07) is 7.60. The Balaban J connectivity index is 1.59. The molecule has 8 nitrogen and oxygen atoms in total. The smallest absolute Gasteiger partial charge is 0.258 e. The number of para-hydroxylation sites is 1. The van der Waals surface area contributed by atoms with Gasteiger partial charge in [0.25, 0.3) is 5.56 Å². The van der Waals surface area contributed by atoms with Crippen molar-refractivity contribution in [3.63, 3.8) is 0 Å². The molecule has 0 atom stereocenters. The van der Waals surface area contributed by atoms with E-state index >= 15 is 0 Å². The number of hydrogen-bond acceptors (Lipinski definition) is 8. The second-order valence-corrected chi connectivity index (χ2v) is 7.44. The number of carbonyl (C=O) groups excluding carboxylic acids is 1. The zero-order valence-corrected chi connectivity index (χ0v) is 16.2. The molecule has 10 heteroatoms. The molecule has 3 rings (SSSR count). The summed E-state index contributed by atoms with van der Waals surface area (Å²) in [6.07, 6.45) is 0.269. The van der Waals surface area contributed by atoms with Gasteiger partial charge in [0.2, 0.25) is 11.8 Å². The molecular weight excluding hydrogens is 388 g/mol. The number of fused-ring (bicyclic) bond motifs is 1. The first-order chi connectivity index (χ1) is 13.1. The minimum absolute atomic E-state index is 0.0244. The Morgan fingerprint density at radius 3 is 2.93 bits per heavy atom. The highest BCUT2D eigenvalue weighted by atomic mass is 32.2. The van der Waals surface area contributed by atoms with Gasteiger partial charge in [-0.05, 0) is 19.1 Å². The predicted molar refractivity (Wildman–Crippen MR) is 106 cm³/mol. The molecule has 142 valence electrons. The van der Waals surface area contributed by atoms with E-state index in [9.17, 15) is 14.7 Å². The molecule has 0 unspecified atom stereocenters. The van der Waals surface area contributed by atoms with E-state index < -0.39 is 5.56 Å². The standard InChI is InChI=1S/C17H18N4O4S2/c1-2-25-8-7-10-14(23)20-16(21-15(10)24)26-9-13(22)19-17-18-11-5-3-4-6-12(11)27-17/h3-6H,2,7-9H2,1H3,(H,18,19,22)(H2,20,21,23,24). The summed E-state index contributed by atoms with van der Waals surface area (Å²) in [7, 11) is 0. The molecule has 2 heterocycles. The molecule has 1 amide bonds. The fourth-order valence-corrected chi connectivity index (χ4v) is 3.83. The number of hydrogen-bond donors (Lipinski definition) is 3. The Kier molecular flexibility index (Phi) is 6.43. The molecule has 3 aromatic rings. The second kappa shape index (κ2) is 8.98. The maximum absolute atomic E-state index is 12.1. The van der Waals surface area contributed by atoms with Crippen LogP contribution in [-0.2, 0) is 16.0 Å². The van der Waals surface area contributed by atoms with Crippen molar-refractivity contribution in [2.45, 2.75) is 18.5 Å². The van der Waals surface area contributed by atoms with Crippen LogP contribution < -0.4 is 10.9 Å². The largest absolute Gasteiger partial charge is 0.493 e. The second-order valence-electron chi connectivity index (χ2n) is 5.44. The Morgan fingerprint density at radius 1 is 1.37 bits per heavy atom. The van der Waals surface area contributed by atoms with Crippen LogP contribution in [0.1, 0.15) is 12.5 Å². The van der Waals surface area contributed by atoms with Crippen molar-refractivity contribution in [2.24, 2.45) is 0 Å². The molecule has 0 aliphatic carbocycles. The number of thiazole rings is 1. The highest BCUT2D eigenvalue weighted by Crippen LogP contribution is 2.25. The van der Waals surface area contributed by atoms with E-state index in [4.69, 9.17) is 4.74 Å². The quantitative estimate of drug-likeness (QED) is 0.299. The first-order valence-electron chi connectivity index (χ1n) is 8.25. The van der Waals surface area contributed by atoms with Crippen molar-refractivity contribution < 1.29 is 14.6 Å². The van der Waals surface area contributed by atoms with Crippen LogP contribution in [-0.4, -0.2) is 44.9 Å². The van der Waals surface area contributed by atoms with E-state index in [-0.39, 0.29) is 34.7 Å². The maximum Gasteiger partial charge on any atom is 0.258 e. The van der Waals surface area contributed by atoms with E-state index in [1.165, 1.54) is 11.3 Å². The number of aromatic hydroxyl groups is 1. The molecule has 3 N–H and O–H groups in total. The average molecular weight is 406 g/mol. The van der Waals surface area contributed by atoms with Gasteiger partial charge in [-0.1, -0.05) is 35.2 Å². The Morgan fingerprint density at radius 2 is 2.19 bits per heavy atom. The van der Waals surface area contributed by atoms with Crippen molar-refractivity contribution >= 4 is 44.4 Å². The lowest BCUT2D eigenvalue weighted by atomic mass is 10.2. The molecule has 0 radical (unpaired) electrons. The summed E-state index contributed by atoms with van der Waals surface area (Å²) < 4.78 is 6.17. The summed E-state index contributed by atoms with van der Waals surface area (Å²) in [4.78, 5) is 35.0. The molecule has 0 bridgehead atoms. The topological polar surface area (TPSA) is 117 Å². The van der Waals surface area contributed by atoms with E-state index in [2.05, 4.69) is 20.3 Å². The minimum atomic E-state index is -0.434. The number of rotatable bonds is 8. The number of aromatic amines is 1. The van der Waals surface area contributed by atoms with Crippen molar-refractivity contribution in [3.05, 3.63) is 40.2 Å². The van der Waals surface area contributed by atoms with E-state index in [0.717, 1.165) is 22.0 Å². The van der Waals surface area contributed by atoms with Gasteiger partial charge >= 0.3 is 0 Å². The number of ether oxygens (including phenoxy) is 1. The molecule has 0 saturated heterocycles. The van der Waals surface area contributed by atoms with Gasteiger partial charge in [-0.15, -0.1) is 0 Å². The maximum atomic E-state index is 12.1. The molecular formula is C17H18N4O4S2. The summed E-state index contributed by atoms with van der Waals surface area (Å²) in [6.45, 7) is 2.71. The van der Waals surface area contributed by atoms with Crippen LogP contribution in [0.25, 0.3) is 10.2 Å². The third kappa shape index (κ3) is 5.06. The van der Waals surface area contributed by atoms with Gasteiger partial charge in [0.05, 0.1) is 28.1 Å². The lowest BCUT2D eigenvalue weighted by molar-refractivity contribution is -0.113. The third-order valence-electron chi connectivity index (χ3n) is 3.55. The number of benzene rings is 1. The van der Waals surface area contributed by atoms with Crippen LogP contribution >= 0.6 is 23.1 Å². The number of carbonyl (C=O) groups is 1. The third-order valence-corrected chi connectivity index (χ3v) is 5.38. The molecule has 0 aliphatic heterocycles. The van der Waals surface area contributed by atoms with Crippen LogP contribution in [0.5, 0.6) is 5.88 Å². The number of H-pyrrole nitrogens is 1. The normalized spacial score (nSPS) is 11.0. The molecule has 2 aromatic heterocycles. The van der Waals surface area contributed by atoms with Crippen LogP contribution in [0.2, 0.25) is 0 Å². The molecule has 0 saturated carbocycles. The van der Waals surface area contributed by atoms with Gasteiger partial charge < -0.3 is 20.1 Å². The van der Waals surface area contributed by atoms with Gasteiger partial charge in [-0.3, -0.25) is 9.59 Å². The summed E-state index contributed by atoms with van der Waals surface area (Å²) >= 11 is 2.41. The van der Waals surface area contributed by atoms with Gasteiger partial charge in [0.15, 0.2) is 10.3 Å². The first kappa shape index (κ1) is 19.3. The SMILES string of the molecule is CCOCCc1c(O)nc(SCC(=O)Nc2nc3ccccc3s2)[nH]c1=O. The van der Waals surface area contributed by atoms with E-state index in [0.29, 0.717) is 18.3 Å². The monoisotopic (exact) mass is 406 g/mol. The van der Waals surface area contributed by atoms with E-state index in [1.54, 1.807) is 0 Å². The fourth-order valence-electron chi connectivity index (χ4n) is 2.29. The fraction of sp³-hybridized carbons (Fsp3) is 0.294. The van der Waals surface area contributed by atoms with Gasteiger partial charge in [-0.25, -0.2) is 4.98 Å². The van der Waals surface area contributed by atoms with Gasteiger partial charge in [0.1, 0.15) is 0 Å². The highest BCUT2D eigenvalue weighted by Gasteiger charge is 2.13. The average Bonchev–Trinajstić information content (AvgIpc) is 3.04. The lowest BCUT2D eigenvalue weighted by Crippen LogP contribution is -2.18. The molecule has 1 aromatic carbocycles.